The Hall–Kier alpha value is -2.84. The van der Waals surface area contributed by atoms with Gasteiger partial charge in [0.1, 0.15) is 12.6 Å². The lowest BCUT2D eigenvalue weighted by Crippen LogP contribution is -2.29. The molecule has 3 aromatic rings. The highest BCUT2D eigenvalue weighted by molar-refractivity contribution is 7.98. The Morgan fingerprint density at radius 3 is 2.83 bits per heavy atom. The number of benzene rings is 1. The van der Waals surface area contributed by atoms with Gasteiger partial charge < -0.3 is 10.1 Å². The van der Waals surface area contributed by atoms with Crippen LogP contribution in [0, 0.1) is 6.92 Å². The minimum Gasteiger partial charge on any atom is -0.458 e. The third kappa shape index (κ3) is 4.06. The first kappa shape index (κ1) is 20.4. The van der Waals surface area contributed by atoms with Gasteiger partial charge in [-0.15, -0.1) is 16.4 Å². The van der Waals surface area contributed by atoms with Crippen LogP contribution in [-0.2, 0) is 15.3 Å². The summed E-state index contributed by atoms with van der Waals surface area (Å²) in [5.41, 5.74) is 3.58. The Bertz CT molecular complexity index is 1100. The van der Waals surface area contributed by atoms with Gasteiger partial charge >= 0.3 is 5.97 Å². The Labute approximate surface area is 183 Å². The van der Waals surface area contributed by atoms with Crippen molar-refractivity contribution >= 4 is 35.0 Å². The number of rotatable bonds is 7. The molecule has 2 aromatic heterocycles. The number of hydrogen-bond acceptors (Lipinski definition) is 7. The largest absolute Gasteiger partial charge is 0.458 e. The molecule has 1 aliphatic rings. The standard InChI is InChI=1S/C22H22N4O2S2/c1-4-11-28-20(27)17-15(3)23-21-24-22(30-13-16-8-6-5-7-9-16)25-26(21)18(17)19-14(2)10-12-29-19/h4-10,12,18H,1,11,13H2,2-3H3,(H,23,24,25). The summed E-state index contributed by atoms with van der Waals surface area (Å²) in [6, 6.07) is 11.9. The van der Waals surface area contributed by atoms with Gasteiger partial charge in [-0.1, -0.05) is 54.7 Å². The zero-order valence-electron chi connectivity index (χ0n) is 16.8. The summed E-state index contributed by atoms with van der Waals surface area (Å²) in [4.78, 5) is 18.6. The van der Waals surface area contributed by atoms with Gasteiger partial charge in [0.05, 0.1) is 5.57 Å². The molecule has 1 atom stereocenters. The number of thioether (sulfide) groups is 1. The van der Waals surface area contributed by atoms with E-state index in [9.17, 15) is 4.79 Å². The number of ether oxygens (including phenoxy) is 1. The number of thiophene rings is 1. The minimum absolute atomic E-state index is 0.161. The number of allylic oxidation sites excluding steroid dienone is 1. The Morgan fingerprint density at radius 1 is 1.33 bits per heavy atom. The van der Waals surface area contributed by atoms with Crippen LogP contribution < -0.4 is 5.32 Å². The van der Waals surface area contributed by atoms with E-state index in [1.807, 2.05) is 43.5 Å². The molecule has 0 fully saturated rings. The predicted octanol–water partition coefficient (Wildman–Crippen LogP) is 4.96. The maximum atomic E-state index is 12.9. The molecule has 154 valence electrons. The van der Waals surface area contributed by atoms with Crippen molar-refractivity contribution in [3.63, 3.8) is 0 Å². The lowest BCUT2D eigenvalue weighted by Gasteiger charge is -2.27. The fourth-order valence-electron chi connectivity index (χ4n) is 3.30. The third-order valence-corrected chi connectivity index (χ3v) is 6.73. The monoisotopic (exact) mass is 438 g/mol. The molecular weight excluding hydrogens is 416 g/mol. The van der Waals surface area contributed by atoms with E-state index in [-0.39, 0.29) is 18.6 Å². The highest BCUT2D eigenvalue weighted by Gasteiger charge is 2.36. The molecule has 8 heteroatoms. The van der Waals surface area contributed by atoms with Gasteiger partial charge in [0.25, 0.3) is 0 Å². The summed E-state index contributed by atoms with van der Waals surface area (Å²) < 4.78 is 7.17. The van der Waals surface area contributed by atoms with Gasteiger partial charge in [-0.2, -0.15) is 4.98 Å². The summed E-state index contributed by atoms with van der Waals surface area (Å²) in [5.74, 6) is 1.02. The van der Waals surface area contributed by atoms with Crippen LogP contribution in [0.25, 0.3) is 0 Å². The van der Waals surface area contributed by atoms with Crippen LogP contribution in [-0.4, -0.2) is 27.3 Å². The number of hydrogen-bond donors (Lipinski definition) is 1. The Morgan fingerprint density at radius 2 is 2.13 bits per heavy atom. The van der Waals surface area contributed by atoms with Gasteiger partial charge in [0, 0.05) is 16.3 Å². The molecule has 1 unspecified atom stereocenters. The lowest BCUT2D eigenvalue weighted by molar-refractivity contribution is -0.138. The van der Waals surface area contributed by atoms with Crippen LogP contribution in [0.15, 0.2) is 70.9 Å². The molecule has 0 bridgehead atoms. The Balaban J connectivity index is 1.68. The summed E-state index contributed by atoms with van der Waals surface area (Å²) in [6.45, 7) is 7.70. The second kappa shape index (κ2) is 8.89. The van der Waals surface area contributed by atoms with Gasteiger partial charge in [0.15, 0.2) is 0 Å². The summed E-state index contributed by atoms with van der Waals surface area (Å²) >= 11 is 3.17. The quantitative estimate of drug-likeness (QED) is 0.319. The molecule has 1 aromatic carbocycles. The smallest absolute Gasteiger partial charge is 0.338 e. The van der Waals surface area contributed by atoms with E-state index in [1.165, 1.54) is 5.56 Å². The molecule has 30 heavy (non-hydrogen) atoms. The predicted molar refractivity (Wildman–Crippen MR) is 121 cm³/mol. The molecular formula is C22H22N4O2S2. The second-order valence-electron chi connectivity index (χ2n) is 6.86. The number of aryl methyl sites for hydroxylation is 1. The van der Waals surface area contributed by atoms with Crippen LogP contribution >= 0.6 is 23.1 Å². The normalized spacial score (nSPS) is 15.5. The highest BCUT2D eigenvalue weighted by Crippen LogP contribution is 2.40. The SMILES string of the molecule is C=CCOC(=O)C1=C(C)Nc2nc(SCc3ccccc3)nn2C1c1sccc1C. The van der Waals surface area contributed by atoms with Gasteiger partial charge in [-0.3, -0.25) is 0 Å². The fourth-order valence-corrected chi connectivity index (χ4v) is 5.10. The lowest BCUT2D eigenvalue weighted by atomic mass is 10.00. The molecule has 0 saturated heterocycles. The maximum Gasteiger partial charge on any atom is 0.338 e. The van der Waals surface area contributed by atoms with Crippen molar-refractivity contribution in [1.29, 1.82) is 0 Å². The van der Waals surface area contributed by atoms with Crippen molar-refractivity contribution < 1.29 is 9.53 Å². The van der Waals surface area contributed by atoms with E-state index in [4.69, 9.17) is 9.84 Å². The first-order valence-electron chi connectivity index (χ1n) is 9.51. The number of carbonyl (C=O) groups excluding carboxylic acids is 1. The number of anilines is 1. The van der Waals surface area contributed by atoms with E-state index >= 15 is 0 Å². The van der Waals surface area contributed by atoms with Crippen LogP contribution in [0.1, 0.15) is 29.0 Å². The van der Waals surface area contributed by atoms with E-state index < -0.39 is 0 Å². The van der Waals surface area contributed by atoms with E-state index in [2.05, 4.69) is 29.0 Å². The van der Waals surface area contributed by atoms with Crippen molar-refractivity contribution in [3.05, 3.63) is 81.7 Å². The number of aromatic nitrogens is 3. The zero-order chi connectivity index (χ0) is 21.1. The zero-order valence-corrected chi connectivity index (χ0v) is 18.4. The summed E-state index contributed by atoms with van der Waals surface area (Å²) in [5, 5.41) is 10.7. The molecule has 3 heterocycles. The van der Waals surface area contributed by atoms with Crippen LogP contribution in [0.5, 0.6) is 0 Å². The first-order chi connectivity index (χ1) is 14.6. The average Bonchev–Trinajstić information content (AvgIpc) is 3.35. The molecule has 1 N–H and O–H groups in total. The molecule has 4 rings (SSSR count). The van der Waals surface area contributed by atoms with Gasteiger partial charge in [-0.05, 0) is 36.4 Å². The second-order valence-corrected chi connectivity index (χ2v) is 8.75. The van der Waals surface area contributed by atoms with Crippen LogP contribution in [0.3, 0.4) is 0 Å². The third-order valence-electron chi connectivity index (χ3n) is 4.75. The van der Waals surface area contributed by atoms with Crippen molar-refractivity contribution in [3.8, 4) is 0 Å². The first-order valence-corrected chi connectivity index (χ1v) is 11.4. The van der Waals surface area contributed by atoms with Crippen molar-refractivity contribution in [2.75, 3.05) is 11.9 Å². The molecule has 0 aliphatic carbocycles. The van der Waals surface area contributed by atoms with E-state index in [1.54, 1.807) is 33.9 Å². The van der Waals surface area contributed by atoms with Crippen molar-refractivity contribution in [2.24, 2.45) is 0 Å². The molecule has 0 radical (unpaired) electrons. The van der Waals surface area contributed by atoms with Gasteiger partial charge in [-0.25, -0.2) is 9.48 Å². The van der Waals surface area contributed by atoms with E-state index in [0.717, 1.165) is 21.9 Å². The number of esters is 1. The number of carbonyl (C=O) groups is 1. The molecule has 0 amide bonds. The minimum atomic E-state index is -0.378. The molecule has 0 saturated carbocycles. The maximum absolute atomic E-state index is 12.9. The topological polar surface area (TPSA) is 69.0 Å². The molecule has 6 nitrogen and oxygen atoms in total. The summed E-state index contributed by atoms with van der Waals surface area (Å²) in [7, 11) is 0. The van der Waals surface area contributed by atoms with Crippen LogP contribution in [0.4, 0.5) is 5.95 Å². The highest BCUT2D eigenvalue weighted by atomic mass is 32.2. The fraction of sp³-hybridized carbons (Fsp3) is 0.227. The van der Waals surface area contributed by atoms with Crippen molar-refractivity contribution in [1.82, 2.24) is 14.8 Å². The number of nitrogens with one attached hydrogen (secondary N) is 1. The van der Waals surface area contributed by atoms with Crippen LogP contribution in [0.2, 0.25) is 0 Å². The average molecular weight is 439 g/mol. The molecule has 0 spiro atoms. The van der Waals surface area contributed by atoms with Crippen molar-refractivity contribution in [2.45, 2.75) is 30.8 Å². The van der Waals surface area contributed by atoms with Gasteiger partial charge in [0.2, 0.25) is 11.1 Å². The summed E-state index contributed by atoms with van der Waals surface area (Å²) in [6.07, 6.45) is 1.56. The number of fused-ring (bicyclic) bond motifs is 1. The Kier molecular flexibility index (Phi) is 6.06. The number of nitrogens with zero attached hydrogens (tertiary/aromatic N) is 3. The van der Waals surface area contributed by atoms with E-state index in [0.29, 0.717) is 16.7 Å². The molecule has 1 aliphatic heterocycles.